The van der Waals surface area contributed by atoms with Gasteiger partial charge >= 0.3 is 0 Å². The van der Waals surface area contributed by atoms with Crippen LogP contribution in [0.1, 0.15) is 33.1 Å². The lowest BCUT2D eigenvalue weighted by atomic mass is 10.1. The molecule has 1 aromatic rings. The number of aromatic nitrogens is 1. The molecule has 0 unspecified atom stereocenters. The van der Waals surface area contributed by atoms with Crippen LogP contribution in [0.3, 0.4) is 0 Å². The van der Waals surface area contributed by atoms with Crippen LogP contribution in [-0.2, 0) is 0 Å². The number of hydrogen-bond acceptors (Lipinski definition) is 3. The van der Waals surface area contributed by atoms with E-state index in [2.05, 4.69) is 24.1 Å². The average molecular weight is 243 g/mol. The number of nitrogens with one attached hydrogen (secondary N) is 1. The van der Waals surface area contributed by atoms with Gasteiger partial charge in [0.15, 0.2) is 23.3 Å². The molecule has 0 radical (unpaired) electrons. The van der Waals surface area contributed by atoms with Crippen LogP contribution in [0.5, 0.6) is 0 Å². The van der Waals surface area contributed by atoms with Gasteiger partial charge in [-0.25, -0.2) is 13.8 Å². The highest BCUT2D eigenvalue weighted by Gasteiger charge is 2.08. The minimum atomic E-state index is -0.826. The smallest absolute Gasteiger partial charge is 0.168 e. The third kappa shape index (κ3) is 4.54. The fourth-order valence-electron chi connectivity index (χ4n) is 1.49. The molecule has 1 rings (SSSR count). The summed E-state index contributed by atoms with van der Waals surface area (Å²) in [5.41, 5.74) is 5.27. The van der Waals surface area contributed by atoms with E-state index in [1.807, 2.05) is 0 Å². The van der Waals surface area contributed by atoms with Crippen molar-refractivity contribution in [1.29, 1.82) is 0 Å². The topological polar surface area (TPSA) is 50.9 Å². The summed E-state index contributed by atoms with van der Waals surface area (Å²) in [7, 11) is 0. The molecule has 0 spiro atoms. The van der Waals surface area contributed by atoms with Gasteiger partial charge in [-0.1, -0.05) is 26.7 Å². The highest BCUT2D eigenvalue weighted by molar-refractivity contribution is 5.44. The predicted octanol–water partition coefficient (Wildman–Crippen LogP) is 3.18. The quantitative estimate of drug-likeness (QED) is 0.754. The largest absolute Gasteiger partial charge is 0.381 e. The van der Waals surface area contributed by atoms with E-state index in [9.17, 15) is 8.78 Å². The minimum Gasteiger partial charge on any atom is -0.381 e. The van der Waals surface area contributed by atoms with Crippen molar-refractivity contribution in [1.82, 2.24) is 4.98 Å². The summed E-state index contributed by atoms with van der Waals surface area (Å²) in [6, 6.07) is 0.749. The average Bonchev–Trinajstić information content (AvgIpc) is 2.24. The molecule has 0 bridgehead atoms. The summed E-state index contributed by atoms with van der Waals surface area (Å²) in [6.07, 6.45) is 3.14. The van der Waals surface area contributed by atoms with Gasteiger partial charge in [-0.3, -0.25) is 0 Å². The van der Waals surface area contributed by atoms with Crippen LogP contribution < -0.4 is 11.1 Å². The Hall–Kier alpha value is -1.39. The summed E-state index contributed by atoms with van der Waals surface area (Å²) in [4.78, 5) is 3.62. The number of anilines is 2. The van der Waals surface area contributed by atoms with E-state index in [0.29, 0.717) is 12.5 Å². The molecule has 1 aromatic heterocycles. The van der Waals surface area contributed by atoms with E-state index in [4.69, 9.17) is 5.73 Å². The highest BCUT2D eigenvalue weighted by atomic mass is 19.1. The summed E-state index contributed by atoms with van der Waals surface area (Å²) in [6.45, 7) is 4.94. The number of rotatable bonds is 6. The molecule has 17 heavy (non-hydrogen) atoms. The van der Waals surface area contributed by atoms with E-state index in [1.54, 1.807) is 0 Å². The second-order valence-electron chi connectivity index (χ2n) is 4.50. The maximum Gasteiger partial charge on any atom is 0.168 e. The second-order valence-corrected chi connectivity index (χ2v) is 4.50. The molecule has 0 saturated carbocycles. The number of hydrogen-bond donors (Lipinski definition) is 2. The van der Waals surface area contributed by atoms with Crippen LogP contribution in [0.2, 0.25) is 0 Å². The first kappa shape index (κ1) is 13.7. The Kier molecular flexibility index (Phi) is 5.12. The van der Waals surface area contributed by atoms with E-state index < -0.39 is 11.6 Å². The third-order valence-corrected chi connectivity index (χ3v) is 2.46. The van der Waals surface area contributed by atoms with Crippen molar-refractivity contribution < 1.29 is 8.78 Å². The third-order valence-electron chi connectivity index (χ3n) is 2.46. The highest BCUT2D eigenvalue weighted by Crippen LogP contribution is 2.16. The first-order valence-corrected chi connectivity index (χ1v) is 5.86. The molecule has 0 atom stereocenters. The maximum atomic E-state index is 13.2. The van der Waals surface area contributed by atoms with Crippen LogP contribution in [0, 0.1) is 17.6 Å². The Morgan fingerprint density at radius 1 is 1.29 bits per heavy atom. The van der Waals surface area contributed by atoms with Crippen molar-refractivity contribution in [2.24, 2.45) is 5.92 Å². The maximum absolute atomic E-state index is 13.2. The zero-order valence-corrected chi connectivity index (χ0v) is 10.3. The predicted molar refractivity (Wildman–Crippen MR) is 65.7 cm³/mol. The van der Waals surface area contributed by atoms with E-state index in [-0.39, 0.29) is 11.6 Å². The number of nitrogens with two attached hydrogens (primary N) is 1. The summed E-state index contributed by atoms with van der Waals surface area (Å²) in [5.74, 6) is -1.12. The van der Waals surface area contributed by atoms with Crippen molar-refractivity contribution in [2.45, 2.75) is 33.1 Å². The fourth-order valence-corrected chi connectivity index (χ4v) is 1.49. The molecule has 0 aliphatic carbocycles. The first-order chi connectivity index (χ1) is 8.00. The Balaban J connectivity index is 2.39. The SMILES string of the molecule is CC(C)CCCCNc1nc(N)c(F)cc1F. The lowest BCUT2D eigenvalue weighted by molar-refractivity contribution is 0.543. The Labute approximate surface area is 100 Å². The molecule has 0 fully saturated rings. The molecule has 0 aliphatic heterocycles. The van der Waals surface area contributed by atoms with Crippen molar-refractivity contribution >= 4 is 11.6 Å². The summed E-state index contributed by atoms with van der Waals surface area (Å²) < 4.78 is 26.1. The molecule has 3 N–H and O–H groups in total. The molecule has 3 nitrogen and oxygen atoms in total. The number of pyridine rings is 1. The van der Waals surface area contributed by atoms with E-state index >= 15 is 0 Å². The van der Waals surface area contributed by atoms with E-state index in [1.165, 1.54) is 0 Å². The van der Waals surface area contributed by atoms with Crippen molar-refractivity contribution in [3.63, 3.8) is 0 Å². The fraction of sp³-hybridized carbons (Fsp3) is 0.583. The van der Waals surface area contributed by atoms with E-state index in [0.717, 1.165) is 25.3 Å². The van der Waals surface area contributed by atoms with Crippen LogP contribution in [0.25, 0.3) is 0 Å². The van der Waals surface area contributed by atoms with Gasteiger partial charge in [0.05, 0.1) is 0 Å². The Morgan fingerprint density at radius 2 is 2.00 bits per heavy atom. The molecular weight excluding hydrogens is 224 g/mol. The lowest BCUT2D eigenvalue weighted by Crippen LogP contribution is -2.08. The number of halogens is 2. The van der Waals surface area contributed by atoms with Crippen LogP contribution >= 0.6 is 0 Å². The van der Waals surface area contributed by atoms with Gasteiger partial charge in [-0.05, 0) is 12.3 Å². The Bertz CT molecular complexity index is 367. The number of nitrogen functional groups attached to an aromatic ring is 1. The monoisotopic (exact) mass is 243 g/mol. The molecule has 96 valence electrons. The number of nitrogens with zero attached hydrogens (tertiary/aromatic N) is 1. The van der Waals surface area contributed by atoms with Crippen molar-refractivity contribution in [2.75, 3.05) is 17.6 Å². The molecule has 0 saturated heterocycles. The van der Waals surface area contributed by atoms with Gasteiger partial charge in [-0.15, -0.1) is 0 Å². The van der Waals surface area contributed by atoms with Crippen LogP contribution in [0.15, 0.2) is 6.07 Å². The van der Waals surface area contributed by atoms with Gasteiger partial charge in [-0.2, -0.15) is 0 Å². The molecular formula is C12H19F2N3. The standard InChI is InChI=1S/C12H19F2N3/c1-8(2)5-3-4-6-16-12-10(14)7-9(13)11(15)17-12/h7-8H,3-6H2,1-2H3,(H3,15,16,17). The Morgan fingerprint density at radius 3 is 2.65 bits per heavy atom. The normalized spacial score (nSPS) is 10.9. The van der Waals surface area contributed by atoms with Crippen LogP contribution in [-0.4, -0.2) is 11.5 Å². The summed E-state index contributed by atoms with van der Waals surface area (Å²) in [5, 5.41) is 2.82. The van der Waals surface area contributed by atoms with Crippen molar-refractivity contribution in [3.05, 3.63) is 17.7 Å². The zero-order valence-electron chi connectivity index (χ0n) is 10.3. The second kappa shape index (κ2) is 6.37. The number of unbranched alkanes of at least 4 members (excludes halogenated alkanes) is 1. The molecule has 0 aromatic carbocycles. The van der Waals surface area contributed by atoms with Crippen LogP contribution in [0.4, 0.5) is 20.4 Å². The molecule has 1 heterocycles. The van der Waals surface area contributed by atoms with Gasteiger partial charge in [0.25, 0.3) is 0 Å². The van der Waals surface area contributed by atoms with Gasteiger partial charge in [0, 0.05) is 12.6 Å². The minimum absolute atomic E-state index is 0.0217. The van der Waals surface area contributed by atoms with Gasteiger partial charge in [0.1, 0.15) is 0 Å². The van der Waals surface area contributed by atoms with Gasteiger partial charge in [0.2, 0.25) is 0 Å². The molecule has 5 heteroatoms. The first-order valence-electron chi connectivity index (χ1n) is 5.86. The zero-order chi connectivity index (χ0) is 12.8. The molecule has 0 amide bonds. The van der Waals surface area contributed by atoms with Crippen molar-refractivity contribution in [3.8, 4) is 0 Å². The molecule has 0 aliphatic rings. The van der Waals surface area contributed by atoms with Gasteiger partial charge < -0.3 is 11.1 Å². The summed E-state index contributed by atoms with van der Waals surface area (Å²) >= 11 is 0. The lowest BCUT2D eigenvalue weighted by Gasteiger charge is -2.08.